The van der Waals surface area contributed by atoms with Crippen LogP contribution in [0.4, 0.5) is 0 Å². The van der Waals surface area contributed by atoms with Crippen molar-refractivity contribution < 1.29 is 17.4 Å². The van der Waals surface area contributed by atoms with Crippen LogP contribution in [-0.4, -0.2) is 35.8 Å². The number of hydrogen-bond donors (Lipinski definition) is 0. The lowest BCUT2D eigenvalue weighted by Gasteiger charge is -2.27. The van der Waals surface area contributed by atoms with Gasteiger partial charge in [0.2, 0.25) is 0 Å². The van der Waals surface area contributed by atoms with Gasteiger partial charge in [-0.3, -0.25) is 0 Å². The molecule has 7 nitrogen and oxygen atoms in total. The van der Waals surface area contributed by atoms with Crippen molar-refractivity contribution in [1.82, 2.24) is 13.8 Å². The molecule has 8 heteroatoms. The van der Waals surface area contributed by atoms with Crippen molar-refractivity contribution in [2.75, 3.05) is 13.6 Å². The Balaban J connectivity index is 1.80. The maximum absolute atomic E-state index is 12.9. The Bertz CT molecular complexity index is 780. The summed E-state index contributed by atoms with van der Waals surface area (Å²) in [7, 11) is -2.03. The van der Waals surface area contributed by atoms with Crippen LogP contribution in [0.15, 0.2) is 27.1 Å². The van der Waals surface area contributed by atoms with Gasteiger partial charge in [-0.25, -0.2) is 0 Å². The first-order chi connectivity index (χ1) is 10.9. The number of aryl methyl sites for hydroxylation is 2. The standard InChI is InChI=1S/C15H21N3O4S/c1-11-6-7-15(21-11)14-5-4-8-18(14)23(19,20)17(3)10-13-9-12(2)22-16-13/h6-7,9,14H,4-5,8,10H2,1-3H3/t14-/m0/s1. The van der Waals surface area contributed by atoms with Gasteiger partial charge in [0.25, 0.3) is 10.2 Å². The molecule has 0 N–H and O–H groups in total. The van der Waals surface area contributed by atoms with E-state index in [0.717, 1.165) is 18.6 Å². The molecule has 0 unspecified atom stereocenters. The van der Waals surface area contributed by atoms with Crippen molar-refractivity contribution in [3.8, 4) is 0 Å². The van der Waals surface area contributed by atoms with E-state index in [9.17, 15) is 8.42 Å². The summed E-state index contributed by atoms with van der Waals surface area (Å²) in [6.45, 7) is 4.31. The Kier molecular flexibility index (Phi) is 4.31. The molecule has 23 heavy (non-hydrogen) atoms. The predicted molar refractivity (Wildman–Crippen MR) is 83.8 cm³/mol. The first-order valence-electron chi connectivity index (χ1n) is 7.59. The minimum Gasteiger partial charge on any atom is -0.465 e. The van der Waals surface area contributed by atoms with Gasteiger partial charge in [0.1, 0.15) is 17.3 Å². The van der Waals surface area contributed by atoms with Crippen LogP contribution >= 0.6 is 0 Å². The fraction of sp³-hybridized carbons (Fsp3) is 0.533. The van der Waals surface area contributed by atoms with Crippen molar-refractivity contribution >= 4 is 10.2 Å². The Morgan fingerprint density at radius 2 is 2.13 bits per heavy atom. The second-order valence-corrected chi connectivity index (χ2v) is 7.90. The van der Waals surface area contributed by atoms with Crippen molar-refractivity contribution in [2.45, 2.75) is 39.3 Å². The van der Waals surface area contributed by atoms with Crippen LogP contribution < -0.4 is 0 Å². The van der Waals surface area contributed by atoms with E-state index in [1.807, 2.05) is 19.1 Å². The largest absolute Gasteiger partial charge is 0.465 e. The fourth-order valence-electron chi connectivity index (χ4n) is 2.91. The molecule has 0 bridgehead atoms. The van der Waals surface area contributed by atoms with Crippen LogP contribution in [0.25, 0.3) is 0 Å². The number of rotatable bonds is 5. The highest BCUT2D eigenvalue weighted by Crippen LogP contribution is 2.36. The fourth-order valence-corrected chi connectivity index (χ4v) is 4.46. The van der Waals surface area contributed by atoms with Crippen LogP contribution in [0, 0.1) is 13.8 Å². The lowest BCUT2D eigenvalue weighted by Crippen LogP contribution is -2.41. The Labute approximate surface area is 136 Å². The second-order valence-electron chi connectivity index (χ2n) is 5.91. The molecule has 3 heterocycles. The molecule has 0 radical (unpaired) electrons. The lowest BCUT2D eigenvalue weighted by atomic mass is 10.2. The highest BCUT2D eigenvalue weighted by atomic mass is 32.2. The zero-order valence-corrected chi connectivity index (χ0v) is 14.3. The summed E-state index contributed by atoms with van der Waals surface area (Å²) in [6.07, 6.45) is 1.59. The molecule has 1 aliphatic rings. The Morgan fingerprint density at radius 1 is 1.35 bits per heavy atom. The van der Waals surface area contributed by atoms with Gasteiger partial charge in [0.15, 0.2) is 0 Å². The third kappa shape index (κ3) is 3.19. The SMILES string of the molecule is Cc1cc(CN(C)S(=O)(=O)N2CCC[C@H]2c2ccc(C)o2)no1. The molecule has 0 spiro atoms. The molecular weight excluding hydrogens is 318 g/mol. The third-order valence-corrected chi connectivity index (χ3v) is 5.99. The molecule has 0 amide bonds. The quantitative estimate of drug-likeness (QED) is 0.835. The van der Waals surface area contributed by atoms with Gasteiger partial charge in [-0.1, -0.05) is 5.16 Å². The monoisotopic (exact) mass is 339 g/mol. The molecule has 2 aromatic rings. The average molecular weight is 339 g/mol. The molecule has 2 aromatic heterocycles. The van der Waals surface area contributed by atoms with E-state index in [0.29, 0.717) is 23.8 Å². The predicted octanol–water partition coefficient (Wildman–Crippen LogP) is 2.40. The van der Waals surface area contributed by atoms with Gasteiger partial charge < -0.3 is 8.94 Å². The van der Waals surface area contributed by atoms with E-state index in [4.69, 9.17) is 8.94 Å². The smallest absolute Gasteiger partial charge is 0.282 e. The van der Waals surface area contributed by atoms with Gasteiger partial charge in [0.05, 0.1) is 18.3 Å². The molecule has 1 aliphatic heterocycles. The van der Waals surface area contributed by atoms with Gasteiger partial charge in [-0.2, -0.15) is 17.0 Å². The summed E-state index contributed by atoms with van der Waals surface area (Å²) in [5, 5.41) is 3.86. The maximum atomic E-state index is 12.9. The summed E-state index contributed by atoms with van der Waals surface area (Å²) in [5.74, 6) is 2.15. The van der Waals surface area contributed by atoms with Crippen LogP contribution in [0.5, 0.6) is 0 Å². The summed E-state index contributed by atoms with van der Waals surface area (Å²) in [6, 6.07) is 5.22. The van der Waals surface area contributed by atoms with Crippen molar-refractivity contribution in [3.63, 3.8) is 0 Å². The number of nitrogens with zero attached hydrogens (tertiary/aromatic N) is 3. The lowest BCUT2D eigenvalue weighted by molar-refractivity contribution is 0.305. The number of aromatic nitrogens is 1. The van der Waals surface area contributed by atoms with Gasteiger partial charge in [-0.15, -0.1) is 0 Å². The van der Waals surface area contributed by atoms with Gasteiger partial charge in [-0.05, 0) is 38.8 Å². The third-order valence-electron chi connectivity index (χ3n) is 4.04. The second kappa shape index (κ2) is 6.10. The highest BCUT2D eigenvalue weighted by Gasteiger charge is 2.39. The molecule has 0 aliphatic carbocycles. The van der Waals surface area contributed by atoms with E-state index in [2.05, 4.69) is 5.16 Å². The summed E-state index contributed by atoms with van der Waals surface area (Å²) in [4.78, 5) is 0. The topological polar surface area (TPSA) is 79.8 Å². The minimum atomic E-state index is -3.59. The van der Waals surface area contributed by atoms with Crippen molar-refractivity contribution in [3.05, 3.63) is 41.2 Å². The highest BCUT2D eigenvalue weighted by molar-refractivity contribution is 7.86. The van der Waals surface area contributed by atoms with E-state index in [-0.39, 0.29) is 12.6 Å². The zero-order chi connectivity index (χ0) is 16.6. The number of hydrogen-bond acceptors (Lipinski definition) is 5. The zero-order valence-electron chi connectivity index (χ0n) is 13.5. The van der Waals surface area contributed by atoms with Crippen molar-refractivity contribution in [2.24, 2.45) is 0 Å². The molecule has 0 saturated carbocycles. The summed E-state index contributed by atoms with van der Waals surface area (Å²) in [5.41, 5.74) is 0.596. The van der Waals surface area contributed by atoms with Crippen molar-refractivity contribution in [1.29, 1.82) is 0 Å². The van der Waals surface area contributed by atoms with Gasteiger partial charge >= 0.3 is 0 Å². The Hall–Kier alpha value is -1.64. The number of furan rings is 1. The van der Waals surface area contributed by atoms with E-state index >= 15 is 0 Å². The van der Waals surface area contributed by atoms with Gasteiger partial charge in [0, 0.05) is 19.7 Å². The molecule has 0 aromatic carbocycles. The summed E-state index contributed by atoms with van der Waals surface area (Å²) < 4.78 is 39.2. The van der Waals surface area contributed by atoms with Crippen LogP contribution in [0.2, 0.25) is 0 Å². The first-order valence-corrected chi connectivity index (χ1v) is 8.99. The maximum Gasteiger partial charge on any atom is 0.282 e. The average Bonchev–Trinajstić information content (AvgIpc) is 3.19. The molecule has 3 rings (SSSR count). The van der Waals surface area contributed by atoms with E-state index < -0.39 is 10.2 Å². The molecule has 1 fully saturated rings. The molecule has 126 valence electrons. The Morgan fingerprint density at radius 3 is 2.74 bits per heavy atom. The molecular formula is C15H21N3O4S. The van der Waals surface area contributed by atoms with Crippen LogP contribution in [0.1, 0.15) is 41.9 Å². The summed E-state index contributed by atoms with van der Waals surface area (Å²) >= 11 is 0. The first kappa shape index (κ1) is 16.2. The van der Waals surface area contributed by atoms with E-state index in [1.165, 1.54) is 8.61 Å². The van der Waals surface area contributed by atoms with Crippen LogP contribution in [-0.2, 0) is 16.8 Å². The molecule has 1 saturated heterocycles. The van der Waals surface area contributed by atoms with Crippen LogP contribution in [0.3, 0.4) is 0 Å². The molecule has 1 atom stereocenters. The minimum absolute atomic E-state index is 0.181. The normalized spacial score (nSPS) is 19.7. The van der Waals surface area contributed by atoms with E-state index in [1.54, 1.807) is 20.0 Å².